The number of benzene rings is 2. The average Bonchev–Trinajstić information content (AvgIpc) is 2.30. The van der Waals surface area contributed by atoms with Crippen LogP contribution in [0.5, 0.6) is 5.75 Å². The molecule has 0 aliphatic rings. The van der Waals surface area contributed by atoms with Crippen LogP contribution in [0.25, 0.3) is 0 Å². The van der Waals surface area contributed by atoms with Crippen LogP contribution in [0.4, 0.5) is 0 Å². The standard InChI is InChI=1S/C14H13ClOS/c1-10-2-3-11(14(15)8-10)9-17-13-6-4-12(16)5-7-13/h2-8,16H,9H2,1H3. The summed E-state index contributed by atoms with van der Waals surface area (Å²) in [5.41, 5.74) is 2.31. The Kier molecular flexibility index (Phi) is 3.97. The lowest BCUT2D eigenvalue weighted by Gasteiger charge is -2.05. The fourth-order valence-corrected chi connectivity index (χ4v) is 2.76. The van der Waals surface area contributed by atoms with E-state index in [0.717, 1.165) is 21.2 Å². The number of hydrogen-bond donors (Lipinski definition) is 1. The highest BCUT2D eigenvalue weighted by molar-refractivity contribution is 7.98. The van der Waals surface area contributed by atoms with Crippen molar-refractivity contribution in [3.05, 3.63) is 58.6 Å². The summed E-state index contributed by atoms with van der Waals surface area (Å²) in [5.74, 6) is 1.13. The van der Waals surface area contributed by atoms with E-state index in [1.54, 1.807) is 23.9 Å². The summed E-state index contributed by atoms with van der Waals surface area (Å²) in [5, 5.41) is 10.0. The van der Waals surface area contributed by atoms with Gasteiger partial charge < -0.3 is 5.11 Å². The lowest BCUT2D eigenvalue weighted by atomic mass is 10.2. The molecular weight excluding hydrogens is 252 g/mol. The minimum Gasteiger partial charge on any atom is -0.508 e. The number of aryl methyl sites for hydroxylation is 1. The lowest BCUT2D eigenvalue weighted by molar-refractivity contribution is 0.475. The van der Waals surface area contributed by atoms with Gasteiger partial charge in [0.15, 0.2) is 0 Å². The molecule has 0 atom stereocenters. The Balaban J connectivity index is 2.04. The van der Waals surface area contributed by atoms with E-state index in [4.69, 9.17) is 11.6 Å². The molecule has 0 amide bonds. The largest absolute Gasteiger partial charge is 0.508 e. The Morgan fingerprint density at radius 2 is 1.82 bits per heavy atom. The topological polar surface area (TPSA) is 20.2 Å². The molecule has 0 saturated carbocycles. The SMILES string of the molecule is Cc1ccc(CSc2ccc(O)cc2)c(Cl)c1. The van der Waals surface area contributed by atoms with Gasteiger partial charge in [-0.05, 0) is 48.4 Å². The number of hydrogen-bond acceptors (Lipinski definition) is 2. The summed E-state index contributed by atoms with van der Waals surface area (Å²) >= 11 is 7.87. The molecule has 88 valence electrons. The third-order valence-electron chi connectivity index (χ3n) is 2.44. The van der Waals surface area contributed by atoms with E-state index < -0.39 is 0 Å². The molecule has 2 aromatic rings. The number of rotatable bonds is 3. The Morgan fingerprint density at radius 1 is 1.12 bits per heavy atom. The number of phenolic OH excluding ortho intramolecular Hbond substituents is 1. The highest BCUT2D eigenvalue weighted by Crippen LogP contribution is 2.28. The maximum Gasteiger partial charge on any atom is 0.115 e. The summed E-state index contributed by atoms with van der Waals surface area (Å²) in [7, 11) is 0. The zero-order valence-electron chi connectivity index (χ0n) is 9.48. The first kappa shape index (κ1) is 12.3. The van der Waals surface area contributed by atoms with Crippen LogP contribution in [0.2, 0.25) is 5.02 Å². The summed E-state index contributed by atoms with van der Waals surface area (Å²) in [6.07, 6.45) is 0. The van der Waals surface area contributed by atoms with Gasteiger partial charge in [-0.1, -0.05) is 23.7 Å². The van der Waals surface area contributed by atoms with Gasteiger partial charge in [-0.25, -0.2) is 0 Å². The van der Waals surface area contributed by atoms with E-state index in [-0.39, 0.29) is 0 Å². The van der Waals surface area contributed by atoms with E-state index in [2.05, 4.69) is 12.1 Å². The van der Waals surface area contributed by atoms with Crippen molar-refractivity contribution in [1.82, 2.24) is 0 Å². The number of halogens is 1. The smallest absolute Gasteiger partial charge is 0.115 e. The van der Waals surface area contributed by atoms with Crippen molar-refractivity contribution in [1.29, 1.82) is 0 Å². The molecule has 0 saturated heterocycles. The van der Waals surface area contributed by atoms with Crippen molar-refractivity contribution in [3.63, 3.8) is 0 Å². The second kappa shape index (κ2) is 5.48. The third-order valence-corrected chi connectivity index (χ3v) is 3.85. The van der Waals surface area contributed by atoms with Gasteiger partial charge in [0.1, 0.15) is 5.75 Å². The molecule has 1 N–H and O–H groups in total. The second-order valence-corrected chi connectivity index (χ2v) is 5.33. The molecule has 0 spiro atoms. The number of aromatic hydroxyl groups is 1. The Labute approximate surface area is 110 Å². The quantitative estimate of drug-likeness (QED) is 0.815. The first-order chi connectivity index (χ1) is 8.15. The molecule has 0 heterocycles. The van der Waals surface area contributed by atoms with Crippen LogP contribution >= 0.6 is 23.4 Å². The molecule has 0 aliphatic heterocycles. The summed E-state index contributed by atoms with van der Waals surface area (Å²) in [6, 6.07) is 13.3. The number of thioether (sulfide) groups is 1. The van der Waals surface area contributed by atoms with Crippen LogP contribution < -0.4 is 0 Å². The predicted octanol–water partition coefficient (Wildman–Crippen LogP) is 4.65. The molecule has 3 heteroatoms. The molecule has 0 radical (unpaired) electrons. The van der Waals surface area contributed by atoms with Gasteiger partial charge in [-0.3, -0.25) is 0 Å². The Bertz CT molecular complexity index is 508. The molecule has 0 fully saturated rings. The van der Waals surface area contributed by atoms with Gasteiger partial charge in [0.2, 0.25) is 0 Å². The zero-order chi connectivity index (χ0) is 12.3. The van der Waals surface area contributed by atoms with Crippen molar-refractivity contribution >= 4 is 23.4 Å². The molecule has 17 heavy (non-hydrogen) atoms. The van der Waals surface area contributed by atoms with Crippen LogP contribution in [-0.4, -0.2) is 5.11 Å². The lowest BCUT2D eigenvalue weighted by Crippen LogP contribution is -1.84. The molecule has 0 unspecified atom stereocenters. The third kappa shape index (κ3) is 3.42. The van der Waals surface area contributed by atoms with Crippen LogP contribution in [0.15, 0.2) is 47.4 Å². The average molecular weight is 265 g/mol. The van der Waals surface area contributed by atoms with Crippen LogP contribution in [0.1, 0.15) is 11.1 Å². The van der Waals surface area contributed by atoms with Gasteiger partial charge in [0, 0.05) is 15.7 Å². The van der Waals surface area contributed by atoms with Gasteiger partial charge >= 0.3 is 0 Å². The number of phenols is 1. The first-order valence-corrected chi connectivity index (χ1v) is 6.68. The van der Waals surface area contributed by atoms with Gasteiger partial charge in [0.05, 0.1) is 0 Å². The fourth-order valence-electron chi connectivity index (χ4n) is 1.47. The molecule has 2 aromatic carbocycles. The zero-order valence-corrected chi connectivity index (χ0v) is 11.1. The highest BCUT2D eigenvalue weighted by Gasteiger charge is 2.02. The fraction of sp³-hybridized carbons (Fsp3) is 0.143. The van der Waals surface area contributed by atoms with Gasteiger partial charge in [-0.2, -0.15) is 0 Å². The predicted molar refractivity (Wildman–Crippen MR) is 73.9 cm³/mol. The van der Waals surface area contributed by atoms with E-state index in [0.29, 0.717) is 5.75 Å². The van der Waals surface area contributed by atoms with E-state index in [1.807, 2.05) is 25.1 Å². The summed E-state index contributed by atoms with van der Waals surface area (Å²) < 4.78 is 0. The molecule has 0 aliphatic carbocycles. The maximum absolute atomic E-state index is 9.19. The molecular formula is C14H13ClOS. The van der Waals surface area contributed by atoms with Crippen LogP contribution in [0.3, 0.4) is 0 Å². The van der Waals surface area contributed by atoms with Crippen molar-refractivity contribution in [2.24, 2.45) is 0 Å². The van der Waals surface area contributed by atoms with E-state index >= 15 is 0 Å². The summed E-state index contributed by atoms with van der Waals surface area (Å²) in [6.45, 7) is 2.03. The summed E-state index contributed by atoms with van der Waals surface area (Å²) in [4.78, 5) is 1.12. The molecule has 0 bridgehead atoms. The molecule has 0 aromatic heterocycles. The minimum absolute atomic E-state index is 0.294. The molecule has 2 rings (SSSR count). The second-order valence-electron chi connectivity index (χ2n) is 3.88. The van der Waals surface area contributed by atoms with E-state index in [1.165, 1.54) is 5.56 Å². The molecule has 1 nitrogen and oxygen atoms in total. The Morgan fingerprint density at radius 3 is 2.47 bits per heavy atom. The first-order valence-electron chi connectivity index (χ1n) is 5.32. The van der Waals surface area contributed by atoms with Crippen molar-refractivity contribution in [2.75, 3.05) is 0 Å². The van der Waals surface area contributed by atoms with Gasteiger partial charge in [0.25, 0.3) is 0 Å². The van der Waals surface area contributed by atoms with Crippen LogP contribution in [0, 0.1) is 6.92 Å². The minimum atomic E-state index is 0.294. The van der Waals surface area contributed by atoms with Crippen molar-refractivity contribution in [3.8, 4) is 5.75 Å². The van der Waals surface area contributed by atoms with E-state index in [9.17, 15) is 5.11 Å². The maximum atomic E-state index is 9.19. The van der Waals surface area contributed by atoms with Crippen LogP contribution in [-0.2, 0) is 5.75 Å². The monoisotopic (exact) mass is 264 g/mol. The van der Waals surface area contributed by atoms with Gasteiger partial charge in [-0.15, -0.1) is 11.8 Å². The Hall–Kier alpha value is -1.12. The van der Waals surface area contributed by atoms with Crippen molar-refractivity contribution < 1.29 is 5.11 Å². The van der Waals surface area contributed by atoms with Crippen molar-refractivity contribution in [2.45, 2.75) is 17.6 Å². The highest BCUT2D eigenvalue weighted by atomic mass is 35.5. The normalized spacial score (nSPS) is 10.5.